The number of nitrogens with one attached hydrogen (secondary N) is 1. The van der Waals surface area contributed by atoms with E-state index in [-0.39, 0.29) is 17.8 Å². The average Bonchev–Trinajstić information content (AvgIpc) is 2.81. The minimum absolute atomic E-state index is 0.0315. The second-order valence-corrected chi connectivity index (χ2v) is 4.50. The summed E-state index contributed by atoms with van der Waals surface area (Å²) in [5.74, 6) is -1.07. The summed E-state index contributed by atoms with van der Waals surface area (Å²) in [6, 6.07) is 1.19. The number of halogens is 2. The van der Waals surface area contributed by atoms with Crippen molar-refractivity contribution in [2.45, 2.75) is 44.2 Å². The third-order valence-electron chi connectivity index (χ3n) is 3.08. The van der Waals surface area contributed by atoms with Gasteiger partial charge in [-0.05, 0) is 25.7 Å². The van der Waals surface area contributed by atoms with Crippen LogP contribution in [0.2, 0.25) is 0 Å². The van der Waals surface area contributed by atoms with E-state index in [1.807, 2.05) is 0 Å². The first-order valence-electron chi connectivity index (χ1n) is 5.87. The van der Waals surface area contributed by atoms with Gasteiger partial charge in [0.15, 0.2) is 5.69 Å². The predicted octanol–water partition coefficient (Wildman–Crippen LogP) is 1.61. The minimum Gasteiger partial charge on any atom is -0.354 e. The van der Waals surface area contributed by atoms with Crippen molar-refractivity contribution in [3.8, 4) is 0 Å². The van der Waals surface area contributed by atoms with Gasteiger partial charge in [0.05, 0.1) is 0 Å². The van der Waals surface area contributed by atoms with E-state index in [2.05, 4.69) is 15.0 Å². The van der Waals surface area contributed by atoms with Crippen LogP contribution in [-0.4, -0.2) is 23.1 Å². The lowest BCUT2D eigenvalue weighted by Gasteiger charge is -2.26. The zero-order valence-electron chi connectivity index (χ0n) is 9.73. The molecule has 1 aromatic heterocycles. The van der Waals surface area contributed by atoms with Gasteiger partial charge in [-0.2, -0.15) is 0 Å². The molecule has 0 bridgehead atoms. The summed E-state index contributed by atoms with van der Waals surface area (Å²) >= 11 is 0. The van der Waals surface area contributed by atoms with Crippen LogP contribution in [0.3, 0.4) is 0 Å². The summed E-state index contributed by atoms with van der Waals surface area (Å²) in [4.78, 5) is 11.7. The van der Waals surface area contributed by atoms with E-state index in [0.29, 0.717) is 0 Å². The first-order chi connectivity index (χ1) is 8.56. The zero-order valence-corrected chi connectivity index (χ0v) is 9.73. The highest BCUT2D eigenvalue weighted by Crippen LogP contribution is 2.20. The molecule has 1 aliphatic rings. The third-order valence-corrected chi connectivity index (χ3v) is 3.08. The Balaban J connectivity index is 1.91. The van der Waals surface area contributed by atoms with Crippen molar-refractivity contribution in [1.29, 1.82) is 0 Å². The number of carbonyl (C=O) groups excluding carboxylic acids is 1. The molecular weight excluding hydrogens is 244 g/mol. The van der Waals surface area contributed by atoms with Gasteiger partial charge in [-0.3, -0.25) is 4.79 Å². The number of hydrogen-bond acceptors (Lipinski definition) is 4. The molecule has 3 N–H and O–H groups in total. The summed E-state index contributed by atoms with van der Waals surface area (Å²) in [5.41, 5.74) is 5.64. The number of nitrogens with zero attached hydrogens (tertiary/aromatic N) is 1. The number of rotatable bonds is 3. The molecule has 0 aliphatic heterocycles. The number of amides is 1. The van der Waals surface area contributed by atoms with Gasteiger partial charge in [0.2, 0.25) is 5.76 Å². The van der Waals surface area contributed by atoms with Crippen molar-refractivity contribution in [2.75, 3.05) is 0 Å². The lowest BCUT2D eigenvalue weighted by Crippen LogP contribution is -2.40. The molecule has 18 heavy (non-hydrogen) atoms. The van der Waals surface area contributed by atoms with Crippen molar-refractivity contribution in [1.82, 2.24) is 10.5 Å². The Morgan fingerprint density at radius 3 is 2.67 bits per heavy atom. The number of alkyl halides is 2. The van der Waals surface area contributed by atoms with Crippen molar-refractivity contribution < 1.29 is 18.1 Å². The second kappa shape index (κ2) is 5.43. The quantitative estimate of drug-likeness (QED) is 0.864. The molecule has 0 unspecified atom stereocenters. The first-order valence-corrected chi connectivity index (χ1v) is 5.87. The monoisotopic (exact) mass is 259 g/mol. The predicted molar refractivity (Wildman–Crippen MR) is 59.2 cm³/mol. The molecule has 1 saturated carbocycles. The molecule has 1 fully saturated rings. The van der Waals surface area contributed by atoms with Crippen LogP contribution < -0.4 is 11.1 Å². The van der Waals surface area contributed by atoms with E-state index in [0.717, 1.165) is 31.7 Å². The molecule has 0 aromatic carbocycles. The fourth-order valence-corrected chi connectivity index (χ4v) is 2.02. The summed E-state index contributed by atoms with van der Waals surface area (Å²) in [6.45, 7) is 0. The average molecular weight is 259 g/mol. The Kier molecular flexibility index (Phi) is 3.90. The van der Waals surface area contributed by atoms with Crippen molar-refractivity contribution >= 4 is 5.91 Å². The molecule has 5 nitrogen and oxygen atoms in total. The molecule has 0 spiro atoms. The molecule has 1 aromatic rings. The number of aromatic nitrogens is 1. The summed E-state index contributed by atoms with van der Waals surface area (Å²) in [7, 11) is 0. The Hall–Kier alpha value is -1.50. The highest BCUT2D eigenvalue weighted by atomic mass is 19.3. The summed E-state index contributed by atoms with van der Waals surface area (Å²) in [6.07, 6.45) is 0.545. The largest absolute Gasteiger partial charge is 0.354 e. The highest BCUT2D eigenvalue weighted by Gasteiger charge is 2.23. The minimum atomic E-state index is -2.76. The van der Waals surface area contributed by atoms with Gasteiger partial charge < -0.3 is 15.6 Å². The fourth-order valence-electron chi connectivity index (χ4n) is 2.02. The fraction of sp³-hybridized carbons (Fsp3) is 0.636. The van der Waals surface area contributed by atoms with Gasteiger partial charge >= 0.3 is 0 Å². The van der Waals surface area contributed by atoms with Gasteiger partial charge in [0.1, 0.15) is 0 Å². The van der Waals surface area contributed by atoms with Gasteiger partial charge in [-0.15, -0.1) is 0 Å². The number of hydrogen-bond donors (Lipinski definition) is 2. The van der Waals surface area contributed by atoms with E-state index < -0.39 is 18.1 Å². The molecule has 1 amide bonds. The van der Waals surface area contributed by atoms with Crippen LogP contribution in [0, 0.1) is 0 Å². The highest BCUT2D eigenvalue weighted by molar-refractivity contribution is 5.92. The van der Waals surface area contributed by atoms with Crippen LogP contribution in [0.4, 0.5) is 8.78 Å². The van der Waals surface area contributed by atoms with Crippen LogP contribution in [0.1, 0.15) is 48.4 Å². The number of nitrogens with two attached hydrogens (primary N) is 1. The van der Waals surface area contributed by atoms with Crippen LogP contribution >= 0.6 is 0 Å². The third kappa shape index (κ3) is 3.04. The van der Waals surface area contributed by atoms with E-state index in [1.54, 1.807) is 0 Å². The Labute approximate surface area is 103 Å². The zero-order chi connectivity index (χ0) is 13.1. The Morgan fingerprint density at radius 1 is 1.44 bits per heavy atom. The molecule has 1 heterocycles. The van der Waals surface area contributed by atoms with Gasteiger partial charge in [-0.1, -0.05) is 5.16 Å². The van der Waals surface area contributed by atoms with Crippen molar-refractivity contribution in [3.63, 3.8) is 0 Å². The number of carbonyl (C=O) groups is 1. The molecule has 7 heteroatoms. The molecule has 100 valence electrons. The van der Waals surface area contributed by atoms with E-state index >= 15 is 0 Å². The molecule has 0 saturated heterocycles. The van der Waals surface area contributed by atoms with Crippen LogP contribution in [0.5, 0.6) is 0 Å². The standard InChI is InChI=1S/C11H15F2N3O2/c12-10(13)9-5-8(16-18-9)11(17)15-7-3-1-6(14)2-4-7/h5-7,10H,1-4,14H2,(H,15,17). The van der Waals surface area contributed by atoms with Crippen LogP contribution in [0.25, 0.3) is 0 Å². The summed E-state index contributed by atoms with van der Waals surface area (Å²) in [5, 5.41) is 6.07. The van der Waals surface area contributed by atoms with Crippen LogP contribution in [0.15, 0.2) is 10.6 Å². The normalized spacial score (nSPS) is 24.2. The maximum Gasteiger partial charge on any atom is 0.298 e. The smallest absolute Gasteiger partial charge is 0.298 e. The van der Waals surface area contributed by atoms with Gasteiger partial charge in [0, 0.05) is 18.2 Å². The van der Waals surface area contributed by atoms with Gasteiger partial charge in [-0.25, -0.2) is 8.78 Å². The molecule has 1 aliphatic carbocycles. The molecule has 0 atom stereocenters. The molecule has 0 radical (unpaired) electrons. The lowest BCUT2D eigenvalue weighted by molar-refractivity contribution is 0.0912. The SMILES string of the molecule is NC1CCC(NC(=O)c2cc(C(F)F)on2)CC1. The van der Waals surface area contributed by atoms with Crippen molar-refractivity contribution in [3.05, 3.63) is 17.5 Å². The van der Waals surface area contributed by atoms with E-state index in [1.165, 1.54) is 0 Å². The second-order valence-electron chi connectivity index (χ2n) is 4.50. The summed E-state index contributed by atoms with van der Waals surface area (Å²) < 4.78 is 28.9. The Bertz CT molecular complexity index is 414. The van der Waals surface area contributed by atoms with Crippen LogP contribution in [-0.2, 0) is 0 Å². The molecular formula is C11H15F2N3O2. The van der Waals surface area contributed by atoms with E-state index in [4.69, 9.17) is 5.73 Å². The Morgan fingerprint density at radius 2 is 2.11 bits per heavy atom. The topological polar surface area (TPSA) is 81.1 Å². The molecule has 2 rings (SSSR count). The lowest BCUT2D eigenvalue weighted by atomic mass is 9.92. The van der Waals surface area contributed by atoms with Crippen molar-refractivity contribution in [2.24, 2.45) is 5.73 Å². The van der Waals surface area contributed by atoms with Gasteiger partial charge in [0.25, 0.3) is 12.3 Å². The first kappa shape index (κ1) is 12.9. The van der Waals surface area contributed by atoms with E-state index in [9.17, 15) is 13.6 Å². The maximum atomic E-state index is 12.3. The maximum absolute atomic E-state index is 12.3.